The highest BCUT2D eigenvalue weighted by Gasteiger charge is 2.19. The summed E-state index contributed by atoms with van der Waals surface area (Å²) in [7, 11) is 1.67. The molecule has 0 unspecified atom stereocenters. The molecule has 0 aliphatic carbocycles. The second-order valence-corrected chi connectivity index (χ2v) is 6.10. The van der Waals surface area contributed by atoms with Crippen molar-refractivity contribution in [3.8, 4) is 0 Å². The summed E-state index contributed by atoms with van der Waals surface area (Å²) in [5.41, 5.74) is 1.02. The van der Waals surface area contributed by atoms with Gasteiger partial charge in [-0.15, -0.1) is 11.3 Å². The quantitative estimate of drug-likeness (QED) is 0.899. The highest BCUT2D eigenvalue weighted by molar-refractivity contribution is 9.11. The molecule has 18 heavy (non-hydrogen) atoms. The van der Waals surface area contributed by atoms with Crippen molar-refractivity contribution in [1.82, 2.24) is 9.80 Å². The molecule has 0 saturated heterocycles. The lowest BCUT2D eigenvalue weighted by Crippen LogP contribution is -2.43. The predicted octanol–water partition coefficient (Wildman–Crippen LogP) is 2.47. The molecule has 1 aromatic heterocycles. The summed E-state index contributed by atoms with van der Waals surface area (Å²) in [6.45, 7) is 2.34. The van der Waals surface area contributed by atoms with E-state index in [1.165, 1.54) is 9.80 Å². The number of hydrogen-bond donors (Lipinski definition) is 1. The number of likely N-dealkylation sites (N-methyl/N-ethyl adjacent to an activating group) is 1. The van der Waals surface area contributed by atoms with Crippen LogP contribution in [-0.4, -0.2) is 47.0 Å². The second-order valence-electron chi connectivity index (χ2n) is 3.81. The normalized spacial score (nSPS) is 10.2. The van der Waals surface area contributed by atoms with E-state index < -0.39 is 5.97 Å². The first-order chi connectivity index (χ1) is 8.43. The van der Waals surface area contributed by atoms with Gasteiger partial charge in [-0.25, -0.2) is 4.79 Å². The molecule has 1 heterocycles. The van der Waals surface area contributed by atoms with Crippen LogP contribution < -0.4 is 0 Å². The molecular formula is C11H15BrN2O3S. The number of thiophene rings is 1. The topological polar surface area (TPSA) is 60.9 Å². The van der Waals surface area contributed by atoms with Crippen LogP contribution in [0.15, 0.2) is 15.2 Å². The van der Waals surface area contributed by atoms with Crippen LogP contribution in [0.25, 0.3) is 0 Å². The second kappa shape index (κ2) is 6.75. The lowest BCUT2D eigenvalue weighted by molar-refractivity contribution is -0.137. The molecule has 1 N–H and O–H groups in total. The Hall–Kier alpha value is -1.08. The Morgan fingerprint density at radius 1 is 1.50 bits per heavy atom. The third kappa shape index (κ3) is 4.30. The van der Waals surface area contributed by atoms with E-state index in [4.69, 9.17) is 5.11 Å². The van der Waals surface area contributed by atoms with E-state index >= 15 is 0 Å². The van der Waals surface area contributed by atoms with Crippen LogP contribution in [-0.2, 0) is 11.3 Å². The summed E-state index contributed by atoms with van der Waals surface area (Å²) < 4.78 is 1.01. The third-order valence-corrected chi connectivity index (χ3v) is 3.90. The number of rotatable bonds is 5. The largest absolute Gasteiger partial charge is 0.480 e. The highest BCUT2D eigenvalue weighted by atomic mass is 79.9. The van der Waals surface area contributed by atoms with Crippen LogP contribution in [0, 0.1) is 0 Å². The van der Waals surface area contributed by atoms with Crippen molar-refractivity contribution in [2.75, 3.05) is 20.1 Å². The number of hydrogen-bond acceptors (Lipinski definition) is 3. The number of halogens is 1. The number of nitrogens with zero attached hydrogens (tertiary/aromatic N) is 2. The van der Waals surface area contributed by atoms with Gasteiger partial charge in [-0.2, -0.15) is 0 Å². The van der Waals surface area contributed by atoms with Gasteiger partial charge >= 0.3 is 12.0 Å². The minimum absolute atomic E-state index is 0.271. The molecule has 0 atom stereocenters. The van der Waals surface area contributed by atoms with Gasteiger partial charge < -0.3 is 14.9 Å². The van der Waals surface area contributed by atoms with Crippen LogP contribution in [0.2, 0.25) is 0 Å². The van der Waals surface area contributed by atoms with Gasteiger partial charge in [-0.3, -0.25) is 4.79 Å². The van der Waals surface area contributed by atoms with Crippen LogP contribution in [0.1, 0.15) is 12.5 Å². The minimum atomic E-state index is -1.00. The van der Waals surface area contributed by atoms with Crippen molar-refractivity contribution in [3.63, 3.8) is 0 Å². The minimum Gasteiger partial charge on any atom is -0.480 e. The molecule has 1 aromatic rings. The summed E-state index contributed by atoms with van der Waals surface area (Å²) in [6.07, 6.45) is 0. The van der Waals surface area contributed by atoms with Gasteiger partial charge in [0.2, 0.25) is 0 Å². The zero-order valence-corrected chi connectivity index (χ0v) is 12.6. The summed E-state index contributed by atoms with van der Waals surface area (Å²) in [5, 5.41) is 10.7. The Balaban J connectivity index is 2.61. The molecule has 0 fully saturated rings. The van der Waals surface area contributed by atoms with Crippen LogP contribution >= 0.6 is 27.3 Å². The van der Waals surface area contributed by atoms with Crippen molar-refractivity contribution in [1.29, 1.82) is 0 Å². The van der Waals surface area contributed by atoms with Crippen molar-refractivity contribution in [2.24, 2.45) is 0 Å². The van der Waals surface area contributed by atoms with Gasteiger partial charge in [0.05, 0.1) is 3.79 Å². The number of carbonyl (C=O) groups is 2. The van der Waals surface area contributed by atoms with E-state index in [9.17, 15) is 9.59 Å². The van der Waals surface area contributed by atoms with E-state index in [1.54, 1.807) is 25.3 Å². The fourth-order valence-electron chi connectivity index (χ4n) is 1.49. The van der Waals surface area contributed by atoms with Gasteiger partial charge in [0.1, 0.15) is 6.54 Å². The molecule has 0 aliphatic rings. The van der Waals surface area contributed by atoms with Gasteiger partial charge in [-0.1, -0.05) is 0 Å². The molecular weight excluding hydrogens is 320 g/mol. The molecule has 0 aliphatic heterocycles. The number of carboxylic acids is 1. The van der Waals surface area contributed by atoms with Crippen molar-refractivity contribution in [2.45, 2.75) is 13.5 Å². The number of amides is 2. The number of carbonyl (C=O) groups excluding carboxylic acids is 1. The molecule has 5 nitrogen and oxygen atoms in total. The Morgan fingerprint density at radius 3 is 2.61 bits per heavy atom. The molecule has 0 aromatic carbocycles. The molecule has 0 radical (unpaired) electrons. The lowest BCUT2D eigenvalue weighted by atomic mass is 10.3. The molecule has 0 saturated carbocycles. The third-order valence-electron chi connectivity index (χ3n) is 2.35. The first-order valence-electron chi connectivity index (χ1n) is 5.38. The van der Waals surface area contributed by atoms with Crippen LogP contribution in [0.4, 0.5) is 4.79 Å². The van der Waals surface area contributed by atoms with Gasteiger partial charge in [0.15, 0.2) is 0 Å². The fourth-order valence-corrected chi connectivity index (χ4v) is 2.69. The molecule has 100 valence electrons. The highest BCUT2D eigenvalue weighted by Crippen LogP contribution is 2.21. The van der Waals surface area contributed by atoms with Crippen LogP contribution in [0.3, 0.4) is 0 Å². The standard InChI is InChI=1S/C11H15BrN2O3S/c1-3-14(6-10(15)16)11(17)13(2)5-8-4-9(12)18-7-8/h4,7H,3,5-6H2,1-2H3,(H,15,16). The van der Waals surface area contributed by atoms with Crippen molar-refractivity contribution in [3.05, 3.63) is 20.8 Å². The Kier molecular flexibility index (Phi) is 5.61. The van der Waals surface area contributed by atoms with Gasteiger partial charge in [0.25, 0.3) is 0 Å². The van der Waals surface area contributed by atoms with Gasteiger partial charge in [0, 0.05) is 20.1 Å². The SMILES string of the molecule is CCN(CC(=O)O)C(=O)N(C)Cc1csc(Br)c1. The summed E-state index contributed by atoms with van der Waals surface area (Å²) in [5.74, 6) is -1.00. The van der Waals surface area contributed by atoms with Gasteiger partial charge in [-0.05, 0) is 39.9 Å². The Morgan fingerprint density at radius 2 is 2.17 bits per heavy atom. The average Bonchev–Trinajstić information content (AvgIpc) is 2.70. The molecule has 2 amide bonds. The lowest BCUT2D eigenvalue weighted by Gasteiger charge is -2.25. The number of aliphatic carboxylic acids is 1. The smallest absolute Gasteiger partial charge is 0.323 e. The average molecular weight is 335 g/mol. The first-order valence-corrected chi connectivity index (χ1v) is 7.06. The summed E-state index contributed by atoms with van der Waals surface area (Å²) in [4.78, 5) is 25.5. The molecule has 7 heteroatoms. The summed E-state index contributed by atoms with van der Waals surface area (Å²) in [6, 6.07) is 1.67. The fraction of sp³-hybridized carbons (Fsp3) is 0.455. The Labute approximate surface area is 118 Å². The maximum absolute atomic E-state index is 12.0. The molecule has 0 bridgehead atoms. The van der Waals surface area contributed by atoms with E-state index in [2.05, 4.69) is 15.9 Å². The zero-order chi connectivity index (χ0) is 13.7. The summed E-state index contributed by atoms with van der Waals surface area (Å²) >= 11 is 4.92. The predicted molar refractivity (Wildman–Crippen MR) is 73.8 cm³/mol. The maximum atomic E-state index is 12.0. The Bertz CT molecular complexity index is 436. The van der Waals surface area contributed by atoms with E-state index in [0.29, 0.717) is 13.1 Å². The zero-order valence-electron chi connectivity index (χ0n) is 10.2. The molecule has 0 spiro atoms. The monoisotopic (exact) mass is 334 g/mol. The number of carboxylic acid groups (broad SMARTS) is 1. The maximum Gasteiger partial charge on any atom is 0.323 e. The van der Waals surface area contributed by atoms with Crippen LogP contribution in [0.5, 0.6) is 0 Å². The van der Waals surface area contributed by atoms with Crippen molar-refractivity contribution >= 4 is 39.3 Å². The first kappa shape index (κ1) is 15.0. The number of urea groups is 1. The van der Waals surface area contributed by atoms with E-state index in [0.717, 1.165) is 9.35 Å². The van der Waals surface area contributed by atoms with E-state index in [-0.39, 0.29) is 12.6 Å². The molecule has 1 rings (SSSR count). The van der Waals surface area contributed by atoms with E-state index in [1.807, 2.05) is 11.4 Å². The van der Waals surface area contributed by atoms with Crippen molar-refractivity contribution < 1.29 is 14.7 Å².